The number of carbonyl (C=O) groups excluding carboxylic acids is 3. The van der Waals surface area contributed by atoms with Gasteiger partial charge in [-0.3, -0.25) is 29.7 Å². The molecule has 25 nitrogen and oxygen atoms in total. The van der Waals surface area contributed by atoms with E-state index in [1.165, 1.54) is 35.3 Å². The number of nitrogens with one attached hydrogen (secondary N) is 9. The number of H-pyrrole nitrogens is 3. The van der Waals surface area contributed by atoms with Gasteiger partial charge in [0, 0.05) is 134 Å². The van der Waals surface area contributed by atoms with Crippen molar-refractivity contribution in [1.29, 1.82) is 0 Å². The van der Waals surface area contributed by atoms with Gasteiger partial charge in [-0.15, -0.1) is 0 Å². The number of aryl methyl sites for hydroxylation is 3. The van der Waals surface area contributed by atoms with Crippen LogP contribution in [-0.2, 0) is 0 Å². The van der Waals surface area contributed by atoms with Gasteiger partial charge in [0.05, 0.1) is 37.5 Å². The molecule has 3 saturated heterocycles. The van der Waals surface area contributed by atoms with Gasteiger partial charge in [-0.1, -0.05) is 77.3 Å². The van der Waals surface area contributed by atoms with Crippen LogP contribution >= 0.6 is 70.1 Å². The molecule has 6 aromatic heterocycles. The van der Waals surface area contributed by atoms with E-state index in [4.69, 9.17) is 49.8 Å². The molecule has 15 rings (SSSR count). The molecule has 0 atom stereocenters. The van der Waals surface area contributed by atoms with Crippen molar-refractivity contribution in [2.24, 2.45) is 0 Å². The first-order valence-corrected chi connectivity index (χ1v) is 36.4. The number of anilines is 12. The number of halogens is 3. The molecular weight excluding hydrogens is 1440 g/mol. The number of carbonyl (C=O) groups is 3. The number of aromatic nitrogens is 12. The van der Waals surface area contributed by atoms with Crippen molar-refractivity contribution in [2.75, 3.05) is 85.9 Å². The lowest BCUT2D eigenvalue weighted by atomic mass is 9.97. The van der Waals surface area contributed by atoms with Crippen LogP contribution in [-0.4, -0.2) is 128 Å². The smallest absolute Gasteiger partial charge is 0.257 e. The lowest BCUT2D eigenvalue weighted by molar-refractivity contribution is 0.0304. The summed E-state index contributed by atoms with van der Waals surface area (Å²) in [7, 11) is 0. The van der Waals surface area contributed by atoms with Gasteiger partial charge in [0.15, 0.2) is 32.9 Å². The van der Waals surface area contributed by atoms with Crippen LogP contribution in [0.15, 0.2) is 212 Å². The highest BCUT2D eigenvalue weighted by molar-refractivity contribution is 7.99. The third-order valence-electron chi connectivity index (χ3n) is 16.0. The Morgan fingerprint density at radius 2 is 0.846 bits per heavy atom. The quantitative estimate of drug-likeness (QED) is 0.0299. The van der Waals surface area contributed by atoms with Gasteiger partial charge >= 0.3 is 0 Å². The van der Waals surface area contributed by atoms with Crippen molar-refractivity contribution in [3.8, 4) is 0 Å². The maximum atomic E-state index is 12.6. The summed E-state index contributed by atoms with van der Waals surface area (Å²) in [6.07, 6.45) is 2.31. The molecule has 10 N–H and O–H groups in total. The van der Waals surface area contributed by atoms with E-state index in [-0.39, 0.29) is 27.7 Å². The SMILES string of the molecule is Cc1cc(Nc2cc(N3CC(C)(O)C3)nc(Sc3ccc(NC(=O)c4ccccc4Cl)cc3)n2)n[nH]1.Cc1cc(Nc2cc(N3CCC3)nc(Sc3ccc(C(=O)Nc4ccccc4Cl)cc3)n2)n[nH]1.Cc1cc(Nc2cc(N3CCC3)nc(Sc3cccc(NC(=O)c4ccccc4Cl)c3)n2)n[nH]1.[HH].[HH].[HH].[HH].[HH].[HH].[HH]. The molecule has 0 unspecified atom stereocenters. The zero-order chi connectivity index (χ0) is 72.3. The van der Waals surface area contributed by atoms with Gasteiger partial charge in [-0.25, -0.2) is 29.9 Å². The molecule has 6 aromatic carbocycles. The predicted octanol–water partition coefficient (Wildman–Crippen LogP) is 17.6. The molecule has 0 aliphatic carbocycles. The minimum atomic E-state index is -0.727. The average molecular weight is 1520 g/mol. The van der Waals surface area contributed by atoms with E-state index >= 15 is 0 Å². The summed E-state index contributed by atoms with van der Waals surface area (Å²) in [5, 5.41) is 53.0. The van der Waals surface area contributed by atoms with Crippen LogP contribution in [0.3, 0.4) is 0 Å². The Hall–Kier alpha value is -10.7. The fraction of sp³-hybridized carbons (Fsp3) is 0.178. The maximum absolute atomic E-state index is 12.6. The van der Waals surface area contributed by atoms with Crippen LogP contribution in [0, 0.1) is 20.8 Å². The monoisotopic (exact) mass is 1520 g/mol. The number of aliphatic hydroxyl groups is 1. The van der Waals surface area contributed by atoms with E-state index in [9.17, 15) is 19.5 Å². The predicted molar refractivity (Wildman–Crippen MR) is 427 cm³/mol. The Bertz CT molecular complexity index is 5090. The van der Waals surface area contributed by atoms with Gasteiger partial charge in [-0.2, -0.15) is 15.3 Å². The highest BCUT2D eigenvalue weighted by Crippen LogP contribution is 2.37. The molecule has 3 fully saturated rings. The van der Waals surface area contributed by atoms with Crippen molar-refractivity contribution < 1.29 is 29.5 Å². The molecule has 0 radical (unpaired) electrons. The van der Waals surface area contributed by atoms with E-state index in [1.807, 2.05) is 135 Å². The molecular formula is C73H82Cl3N21O4S3. The highest BCUT2D eigenvalue weighted by atomic mass is 35.5. The number of hydrogen-bond acceptors (Lipinski definition) is 22. The lowest BCUT2D eigenvalue weighted by Crippen LogP contribution is -2.60. The van der Waals surface area contributed by atoms with Crippen LogP contribution in [0.4, 0.5) is 69.4 Å². The molecule has 0 saturated carbocycles. The summed E-state index contributed by atoms with van der Waals surface area (Å²) < 4.78 is 0. The zero-order valence-electron chi connectivity index (χ0n) is 56.4. The number of para-hydroxylation sites is 1. The van der Waals surface area contributed by atoms with Crippen LogP contribution in [0.25, 0.3) is 0 Å². The zero-order valence-corrected chi connectivity index (χ0v) is 61.1. The second-order valence-corrected chi connectivity index (χ2v) is 28.9. The van der Waals surface area contributed by atoms with Crippen molar-refractivity contribution in [1.82, 2.24) is 60.5 Å². The summed E-state index contributed by atoms with van der Waals surface area (Å²) in [5.41, 5.74) is 5.41. The Morgan fingerprint density at radius 3 is 1.26 bits per heavy atom. The van der Waals surface area contributed by atoms with Gasteiger partial charge in [-0.05, 0) is 179 Å². The molecule has 542 valence electrons. The number of hydrogen-bond donors (Lipinski definition) is 10. The van der Waals surface area contributed by atoms with E-state index in [1.54, 1.807) is 79.7 Å². The Kier molecular flexibility index (Phi) is 22.6. The molecule has 0 bridgehead atoms. The van der Waals surface area contributed by atoms with E-state index in [2.05, 4.69) is 87.2 Å². The molecule has 3 aliphatic rings. The van der Waals surface area contributed by atoms with Gasteiger partial charge < -0.3 is 51.7 Å². The summed E-state index contributed by atoms with van der Waals surface area (Å²) in [5.74, 6) is 5.75. The van der Waals surface area contributed by atoms with Crippen LogP contribution in [0.5, 0.6) is 0 Å². The lowest BCUT2D eigenvalue weighted by Gasteiger charge is -2.45. The fourth-order valence-electron chi connectivity index (χ4n) is 10.6. The highest BCUT2D eigenvalue weighted by Gasteiger charge is 2.38. The second kappa shape index (κ2) is 32.7. The van der Waals surface area contributed by atoms with Gasteiger partial charge in [0.1, 0.15) is 34.9 Å². The molecule has 3 amide bonds. The maximum Gasteiger partial charge on any atom is 0.257 e. The van der Waals surface area contributed by atoms with Crippen LogP contribution in [0.2, 0.25) is 15.1 Å². The average Bonchev–Trinajstić information content (AvgIpc) is 1.21. The molecule has 12 aromatic rings. The minimum Gasteiger partial charge on any atom is -0.386 e. The summed E-state index contributed by atoms with van der Waals surface area (Å²) in [6, 6.07) is 54.8. The summed E-state index contributed by atoms with van der Waals surface area (Å²) in [6.45, 7) is 12.5. The number of rotatable bonds is 21. The van der Waals surface area contributed by atoms with Crippen LogP contribution in [0.1, 0.15) is 77.9 Å². The first-order chi connectivity index (χ1) is 50.3. The van der Waals surface area contributed by atoms with Crippen LogP contribution < -0.4 is 46.6 Å². The molecule has 31 heteroatoms. The fourth-order valence-corrected chi connectivity index (χ4v) is 13.6. The molecule has 104 heavy (non-hydrogen) atoms. The van der Waals surface area contributed by atoms with Crippen molar-refractivity contribution in [3.05, 3.63) is 231 Å². The number of benzene rings is 6. The van der Waals surface area contributed by atoms with Gasteiger partial charge in [0.2, 0.25) is 0 Å². The van der Waals surface area contributed by atoms with E-state index < -0.39 is 5.60 Å². The molecule has 0 spiro atoms. The molecule has 3 aliphatic heterocycles. The number of aromatic amines is 3. The Morgan fingerprint density at radius 1 is 0.433 bits per heavy atom. The first kappa shape index (κ1) is 71.7. The Labute approximate surface area is 636 Å². The minimum absolute atomic E-state index is 0. The summed E-state index contributed by atoms with van der Waals surface area (Å²) in [4.78, 5) is 75.1. The van der Waals surface area contributed by atoms with Crippen molar-refractivity contribution in [2.45, 2.75) is 76.3 Å². The van der Waals surface area contributed by atoms with E-state index in [0.29, 0.717) is 112 Å². The third-order valence-corrected chi connectivity index (χ3v) is 19.6. The largest absolute Gasteiger partial charge is 0.386 e. The van der Waals surface area contributed by atoms with Crippen molar-refractivity contribution >= 4 is 157 Å². The Balaban J connectivity index is 0.000000252. The number of amides is 3. The normalized spacial score (nSPS) is 13.3. The third kappa shape index (κ3) is 19.1. The number of nitrogens with zero attached hydrogens (tertiary/aromatic N) is 12. The van der Waals surface area contributed by atoms with Gasteiger partial charge in [0.25, 0.3) is 17.7 Å². The van der Waals surface area contributed by atoms with Crippen molar-refractivity contribution in [3.63, 3.8) is 0 Å². The van der Waals surface area contributed by atoms with E-state index in [0.717, 1.165) is 88.2 Å². The number of β-amino-alcohol motifs (C(OH)–C–C–N with tert-alkyl or cyclic N) is 1. The second-order valence-electron chi connectivity index (χ2n) is 24.6. The standard InChI is InChI=1S/C25H24ClN7O2S.2C24H22ClN7OS.7H2/c1-15-11-21(32-31-15)28-20-12-22(33-13-25(2,35)14-33)30-24(29-20)36-17-9-7-16(8-10-17)27-23(34)18-5-3-4-6-19(18)26;1-15-12-21(31-30-15)27-20-14-22(32-10-5-11-32)29-24(28-20)34-17-7-4-6-16(13-17)26-23(33)18-8-2-3-9-19(18)25;1-15-13-21(31-30-15)27-20-14-22(32-11-4-12-32)29-24(28-20)34-17-9-7-16(8-10-17)23(33)26-19-6-3-2-5-18(19)25;;;;;;;/h3-12,35H,13-14H2,1-2H3,(H,27,34)(H2,28,29,30,31,32);2-4,6-9,12-14H,5,10-11H2,1H3,(H,26,33)(H2,27,28,29,30,31);2-3,5-10,13-14H,4,11-12H2,1H3,(H,26,33)(H2,27,28,29,30,31);7*1H. The topological polar surface area (TPSA) is 317 Å². The molecule has 9 heterocycles. The summed E-state index contributed by atoms with van der Waals surface area (Å²) >= 11 is 22.7. The first-order valence-electron chi connectivity index (χ1n) is 32.8.